The summed E-state index contributed by atoms with van der Waals surface area (Å²) in [5.74, 6) is -1.20. The first kappa shape index (κ1) is 19.4. The minimum atomic E-state index is -4.75. The molecule has 116 valence electrons. The summed E-state index contributed by atoms with van der Waals surface area (Å²) in [5, 5.41) is 8.73. The summed E-state index contributed by atoms with van der Waals surface area (Å²) < 4.78 is 52.6. The highest BCUT2D eigenvalue weighted by Crippen LogP contribution is 2.42. The zero-order valence-electron chi connectivity index (χ0n) is 10.8. The van der Waals surface area contributed by atoms with Crippen molar-refractivity contribution in [2.24, 2.45) is 11.1 Å². The lowest BCUT2D eigenvalue weighted by Crippen LogP contribution is -2.34. The Morgan fingerprint density at radius 3 is 2.20 bits per heavy atom. The van der Waals surface area contributed by atoms with Gasteiger partial charge in [0.25, 0.3) is 0 Å². The van der Waals surface area contributed by atoms with Crippen LogP contribution in [0.25, 0.3) is 0 Å². The van der Waals surface area contributed by atoms with Crippen LogP contribution in [0.15, 0.2) is 12.1 Å². The highest BCUT2D eigenvalue weighted by molar-refractivity contribution is 6.30. The molecule has 0 aliphatic carbocycles. The first-order valence-electron chi connectivity index (χ1n) is 5.44. The third-order valence-corrected chi connectivity index (χ3v) is 3.29. The van der Waals surface area contributed by atoms with Gasteiger partial charge in [-0.15, -0.1) is 12.4 Å². The van der Waals surface area contributed by atoms with Gasteiger partial charge in [0.1, 0.15) is 5.82 Å². The van der Waals surface area contributed by atoms with Crippen LogP contribution in [0.2, 0.25) is 5.02 Å². The highest BCUT2D eigenvalue weighted by Gasteiger charge is 2.40. The summed E-state index contributed by atoms with van der Waals surface area (Å²) in [5.41, 5.74) is 2.67. The minimum Gasteiger partial charge on any atom is -0.396 e. The Labute approximate surface area is 125 Å². The second kappa shape index (κ2) is 6.47. The second-order valence-electron chi connectivity index (χ2n) is 4.94. The van der Waals surface area contributed by atoms with Gasteiger partial charge in [0.2, 0.25) is 0 Å². The van der Waals surface area contributed by atoms with Crippen LogP contribution in [0.3, 0.4) is 0 Å². The van der Waals surface area contributed by atoms with E-state index in [2.05, 4.69) is 0 Å². The lowest BCUT2D eigenvalue weighted by Gasteiger charge is -2.31. The predicted molar refractivity (Wildman–Crippen MR) is 71.5 cm³/mol. The monoisotopic (exact) mass is 335 g/mol. The van der Waals surface area contributed by atoms with Gasteiger partial charge < -0.3 is 10.8 Å². The van der Waals surface area contributed by atoms with Gasteiger partial charge in [-0.05, 0) is 12.1 Å². The minimum absolute atomic E-state index is 0. The van der Waals surface area contributed by atoms with E-state index in [1.165, 1.54) is 13.8 Å². The van der Waals surface area contributed by atoms with E-state index in [0.29, 0.717) is 6.07 Å². The van der Waals surface area contributed by atoms with E-state index in [1.807, 2.05) is 0 Å². The fourth-order valence-electron chi connectivity index (χ4n) is 1.61. The molecule has 3 N–H and O–H groups in total. The predicted octanol–water partition coefficient (Wildman–Crippen LogP) is 3.94. The SMILES string of the molecule is CC(C)(CO)[C@@H](N)c1c(C(F)(F)F)ccc(Cl)c1F.Cl. The van der Waals surface area contributed by atoms with Crippen LogP contribution in [0.4, 0.5) is 17.6 Å². The molecule has 1 atom stereocenters. The maximum Gasteiger partial charge on any atom is 0.416 e. The molecule has 0 radical (unpaired) electrons. The average Bonchev–Trinajstić information content (AvgIpc) is 2.30. The summed E-state index contributed by atoms with van der Waals surface area (Å²) in [6.07, 6.45) is -4.75. The first-order valence-corrected chi connectivity index (χ1v) is 5.81. The molecule has 0 heterocycles. The van der Waals surface area contributed by atoms with Crippen LogP contribution in [-0.2, 0) is 6.18 Å². The van der Waals surface area contributed by atoms with Crippen molar-refractivity contribution in [2.75, 3.05) is 6.61 Å². The van der Waals surface area contributed by atoms with E-state index in [1.54, 1.807) is 0 Å². The molecule has 0 aromatic heterocycles. The molecule has 0 amide bonds. The van der Waals surface area contributed by atoms with Crippen LogP contribution in [-0.4, -0.2) is 11.7 Å². The summed E-state index contributed by atoms with van der Waals surface area (Å²) in [7, 11) is 0. The highest BCUT2D eigenvalue weighted by atomic mass is 35.5. The molecule has 2 nitrogen and oxygen atoms in total. The first-order chi connectivity index (χ1) is 8.52. The van der Waals surface area contributed by atoms with Gasteiger partial charge in [0.05, 0.1) is 10.6 Å². The normalized spacial score (nSPS) is 13.8. The van der Waals surface area contributed by atoms with Crippen LogP contribution >= 0.6 is 24.0 Å². The maximum absolute atomic E-state index is 13.9. The lowest BCUT2D eigenvalue weighted by molar-refractivity contribution is -0.139. The van der Waals surface area contributed by atoms with E-state index in [0.717, 1.165) is 6.07 Å². The Morgan fingerprint density at radius 1 is 1.30 bits per heavy atom. The van der Waals surface area contributed by atoms with Gasteiger partial charge >= 0.3 is 6.18 Å². The zero-order chi connectivity index (χ0) is 15.0. The number of alkyl halides is 3. The molecule has 1 aromatic rings. The quantitative estimate of drug-likeness (QED) is 0.822. The standard InChI is InChI=1S/C12H14ClF4NO.ClH/c1-11(2,5-19)10(18)8-6(12(15,16)17)3-4-7(13)9(8)14;/h3-4,10,19H,5,18H2,1-2H3;1H/t10-;/m0./s1. The van der Waals surface area contributed by atoms with Crippen molar-refractivity contribution >= 4 is 24.0 Å². The number of aliphatic hydroxyl groups excluding tert-OH is 1. The molecule has 1 aromatic carbocycles. The summed E-state index contributed by atoms with van der Waals surface area (Å²) in [4.78, 5) is 0. The Balaban J connectivity index is 0.00000361. The van der Waals surface area contributed by atoms with E-state index >= 15 is 0 Å². The Kier molecular flexibility index (Phi) is 6.29. The van der Waals surface area contributed by atoms with Gasteiger partial charge in [-0.3, -0.25) is 0 Å². The van der Waals surface area contributed by atoms with Crippen molar-refractivity contribution in [2.45, 2.75) is 26.1 Å². The zero-order valence-corrected chi connectivity index (χ0v) is 12.3. The number of benzene rings is 1. The topological polar surface area (TPSA) is 46.2 Å². The molecule has 20 heavy (non-hydrogen) atoms. The van der Waals surface area contributed by atoms with E-state index in [9.17, 15) is 17.6 Å². The van der Waals surface area contributed by atoms with E-state index < -0.39 is 46.2 Å². The van der Waals surface area contributed by atoms with E-state index in [-0.39, 0.29) is 12.4 Å². The third-order valence-electron chi connectivity index (χ3n) is 3.00. The van der Waals surface area contributed by atoms with Crippen molar-refractivity contribution in [1.29, 1.82) is 0 Å². The molecule has 8 heteroatoms. The van der Waals surface area contributed by atoms with Gasteiger partial charge in [0, 0.05) is 23.6 Å². The summed E-state index contributed by atoms with van der Waals surface area (Å²) in [6.45, 7) is 2.40. The summed E-state index contributed by atoms with van der Waals surface area (Å²) in [6, 6.07) is 0.184. The van der Waals surface area contributed by atoms with Crippen molar-refractivity contribution in [1.82, 2.24) is 0 Å². The number of hydrogen-bond donors (Lipinski definition) is 2. The van der Waals surface area contributed by atoms with Crippen LogP contribution in [0.1, 0.15) is 31.0 Å². The Hall–Kier alpha value is -0.560. The number of nitrogens with two attached hydrogens (primary N) is 1. The lowest BCUT2D eigenvalue weighted by atomic mass is 9.80. The van der Waals surface area contributed by atoms with Crippen molar-refractivity contribution in [3.05, 3.63) is 34.1 Å². The molecule has 0 aliphatic rings. The largest absolute Gasteiger partial charge is 0.416 e. The fourth-order valence-corrected chi connectivity index (χ4v) is 1.77. The Morgan fingerprint density at radius 2 is 1.80 bits per heavy atom. The van der Waals surface area contributed by atoms with E-state index in [4.69, 9.17) is 22.4 Å². The molecule has 0 spiro atoms. The fraction of sp³-hybridized carbons (Fsp3) is 0.500. The number of hydrogen-bond acceptors (Lipinski definition) is 2. The second-order valence-corrected chi connectivity index (χ2v) is 5.35. The molecule has 0 saturated carbocycles. The molecule has 0 aliphatic heterocycles. The Bertz CT molecular complexity index is 477. The van der Waals surface area contributed by atoms with Crippen molar-refractivity contribution < 1.29 is 22.7 Å². The van der Waals surface area contributed by atoms with Gasteiger partial charge in [-0.2, -0.15) is 13.2 Å². The maximum atomic E-state index is 13.9. The van der Waals surface area contributed by atoms with Crippen LogP contribution in [0, 0.1) is 11.2 Å². The molecule has 1 rings (SSSR count). The van der Waals surface area contributed by atoms with Gasteiger partial charge in [-0.1, -0.05) is 25.4 Å². The molecular formula is C12H15Cl2F4NO. The molecule has 0 bridgehead atoms. The van der Waals surface area contributed by atoms with Crippen molar-refractivity contribution in [3.8, 4) is 0 Å². The van der Waals surface area contributed by atoms with Crippen molar-refractivity contribution in [3.63, 3.8) is 0 Å². The van der Waals surface area contributed by atoms with Gasteiger partial charge in [-0.25, -0.2) is 4.39 Å². The molecule has 0 unspecified atom stereocenters. The molecule has 0 fully saturated rings. The molecular weight excluding hydrogens is 321 g/mol. The third kappa shape index (κ3) is 3.75. The summed E-state index contributed by atoms with van der Waals surface area (Å²) >= 11 is 5.51. The molecule has 0 saturated heterocycles. The van der Waals surface area contributed by atoms with Crippen LogP contribution < -0.4 is 5.73 Å². The average molecular weight is 336 g/mol. The number of rotatable bonds is 3. The van der Waals surface area contributed by atoms with Gasteiger partial charge in [0.15, 0.2) is 0 Å². The number of aliphatic hydroxyl groups is 1. The smallest absolute Gasteiger partial charge is 0.396 e. The number of halogens is 6. The van der Waals surface area contributed by atoms with Crippen LogP contribution in [0.5, 0.6) is 0 Å².